The number of benzene rings is 2. The van der Waals surface area contributed by atoms with E-state index < -0.39 is 17.1 Å². The van der Waals surface area contributed by atoms with Crippen molar-refractivity contribution in [2.24, 2.45) is 0 Å². The number of carbonyl (C=O) groups excluding carboxylic acids is 3. The van der Waals surface area contributed by atoms with Crippen molar-refractivity contribution in [1.82, 2.24) is 0 Å². The molecule has 1 aliphatic rings. The van der Waals surface area contributed by atoms with Crippen molar-refractivity contribution in [1.29, 1.82) is 0 Å². The lowest BCUT2D eigenvalue weighted by Crippen LogP contribution is -2.33. The molecule has 1 aliphatic heterocycles. The van der Waals surface area contributed by atoms with Crippen LogP contribution in [0.2, 0.25) is 0 Å². The minimum atomic E-state index is -0.759. The molecule has 3 amide bonds. The summed E-state index contributed by atoms with van der Waals surface area (Å²) < 4.78 is 0. The molecule has 1 atom stereocenters. The number of hydrogen-bond donors (Lipinski definition) is 2. The fourth-order valence-corrected chi connectivity index (χ4v) is 3.54. The Morgan fingerprint density at radius 2 is 1.96 bits per heavy atom. The highest BCUT2D eigenvalue weighted by molar-refractivity contribution is 8.15. The molecule has 0 spiro atoms. The molecule has 7 heteroatoms. The third-order valence-corrected chi connectivity index (χ3v) is 4.72. The van der Waals surface area contributed by atoms with Crippen LogP contribution in [0, 0.1) is 6.92 Å². The molecule has 1 saturated heterocycles. The van der Waals surface area contributed by atoms with Gasteiger partial charge in [0.15, 0.2) is 0 Å². The number of aromatic hydroxyl groups is 1. The van der Waals surface area contributed by atoms with Crippen molar-refractivity contribution >= 4 is 40.2 Å². The molecular weight excluding hydrogens is 340 g/mol. The van der Waals surface area contributed by atoms with Crippen LogP contribution in [0.15, 0.2) is 48.5 Å². The maximum atomic E-state index is 12.5. The van der Waals surface area contributed by atoms with Crippen molar-refractivity contribution in [3.63, 3.8) is 0 Å². The molecule has 2 N–H and O–H groups in total. The molecule has 2 aromatic carbocycles. The molecule has 128 valence electrons. The second kappa shape index (κ2) is 6.98. The van der Waals surface area contributed by atoms with E-state index in [0.717, 1.165) is 22.2 Å². The van der Waals surface area contributed by atoms with Crippen LogP contribution in [0.25, 0.3) is 0 Å². The standard InChI is InChI=1S/C18H16N2O4S/c1-11-4-2-6-13(8-11)20-17(23)15(25-18(20)24)10-16(22)19-12-5-3-7-14(21)9-12/h2-9,15,21H,10H2,1H3,(H,19,22). The van der Waals surface area contributed by atoms with E-state index in [-0.39, 0.29) is 17.4 Å². The van der Waals surface area contributed by atoms with Gasteiger partial charge in [0, 0.05) is 18.2 Å². The van der Waals surface area contributed by atoms with Crippen LogP contribution < -0.4 is 10.2 Å². The number of hydrogen-bond acceptors (Lipinski definition) is 5. The number of phenolic OH excluding ortho intramolecular Hbond substituents is 1. The van der Waals surface area contributed by atoms with Gasteiger partial charge >= 0.3 is 0 Å². The molecule has 0 aliphatic carbocycles. The molecule has 3 rings (SSSR count). The van der Waals surface area contributed by atoms with Gasteiger partial charge in [-0.05, 0) is 48.5 Å². The van der Waals surface area contributed by atoms with Crippen molar-refractivity contribution < 1.29 is 19.5 Å². The van der Waals surface area contributed by atoms with Crippen LogP contribution in [0.3, 0.4) is 0 Å². The topological polar surface area (TPSA) is 86.7 Å². The third kappa shape index (κ3) is 3.83. The van der Waals surface area contributed by atoms with Crippen LogP contribution in [-0.2, 0) is 9.59 Å². The highest BCUT2D eigenvalue weighted by Gasteiger charge is 2.41. The lowest BCUT2D eigenvalue weighted by Gasteiger charge is -2.14. The molecule has 1 heterocycles. The predicted molar refractivity (Wildman–Crippen MR) is 96.8 cm³/mol. The lowest BCUT2D eigenvalue weighted by atomic mass is 10.2. The van der Waals surface area contributed by atoms with Crippen LogP contribution in [0.4, 0.5) is 16.2 Å². The van der Waals surface area contributed by atoms with Crippen molar-refractivity contribution in [3.05, 3.63) is 54.1 Å². The monoisotopic (exact) mass is 356 g/mol. The van der Waals surface area contributed by atoms with Gasteiger partial charge in [0.1, 0.15) is 11.0 Å². The number of aryl methyl sites for hydroxylation is 1. The first kappa shape index (κ1) is 17.0. The summed E-state index contributed by atoms with van der Waals surface area (Å²) >= 11 is 0.852. The molecule has 2 aromatic rings. The minimum absolute atomic E-state index is 0.0323. The zero-order valence-corrected chi connectivity index (χ0v) is 14.2. The number of nitrogens with one attached hydrogen (secondary N) is 1. The van der Waals surface area contributed by atoms with E-state index in [0.29, 0.717) is 11.4 Å². The van der Waals surface area contributed by atoms with Gasteiger partial charge in [-0.25, -0.2) is 4.90 Å². The summed E-state index contributed by atoms with van der Waals surface area (Å²) in [5.41, 5.74) is 1.88. The highest BCUT2D eigenvalue weighted by atomic mass is 32.2. The van der Waals surface area contributed by atoms with Gasteiger partial charge in [-0.2, -0.15) is 0 Å². The first-order chi connectivity index (χ1) is 11.9. The molecule has 0 radical (unpaired) electrons. The van der Waals surface area contributed by atoms with E-state index in [1.807, 2.05) is 13.0 Å². The van der Waals surface area contributed by atoms with Gasteiger partial charge in [-0.3, -0.25) is 14.4 Å². The quantitative estimate of drug-likeness (QED) is 0.878. The zero-order chi connectivity index (χ0) is 18.0. The number of amides is 3. The maximum absolute atomic E-state index is 12.5. The van der Waals surface area contributed by atoms with Gasteiger partial charge in [0.05, 0.1) is 5.69 Å². The number of phenols is 1. The number of rotatable bonds is 4. The van der Waals surface area contributed by atoms with Crippen molar-refractivity contribution in [2.75, 3.05) is 10.2 Å². The van der Waals surface area contributed by atoms with E-state index in [2.05, 4.69) is 5.32 Å². The lowest BCUT2D eigenvalue weighted by molar-refractivity contribution is -0.121. The van der Waals surface area contributed by atoms with E-state index in [1.54, 1.807) is 30.3 Å². The number of thioether (sulfide) groups is 1. The first-order valence-electron chi connectivity index (χ1n) is 7.64. The SMILES string of the molecule is Cc1cccc(N2C(=O)SC(CC(=O)Nc3cccc(O)c3)C2=O)c1. The Bertz CT molecular complexity index is 852. The van der Waals surface area contributed by atoms with E-state index in [1.165, 1.54) is 12.1 Å². The number of nitrogens with zero attached hydrogens (tertiary/aromatic N) is 1. The Labute approximate surface area is 148 Å². The average molecular weight is 356 g/mol. The Kier molecular flexibility index (Phi) is 4.76. The minimum Gasteiger partial charge on any atom is -0.508 e. The van der Waals surface area contributed by atoms with Gasteiger partial charge in [0.2, 0.25) is 11.8 Å². The van der Waals surface area contributed by atoms with E-state index in [4.69, 9.17) is 0 Å². The van der Waals surface area contributed by atoms with Crippen molar-refractivity contribution in [2.45, 2.75) is 18.6 Å². The van der Waals surface area contributed by atoms with Gasteiger partial charge in [-0.1, -0.05) is 18.2 Å². The second-order valence-electron chi connectivity index (χ2n) is 5.69. The van der Waals surface area contributed by atoms with E-state index >= 15 is 0 Å². The molecule has 25 heavy (non-hydrogen) atoms. The van der Waals surface area contributed by atoms with Gasteiger partial charge in [0.25, 0.3) is 5.24 Å². The first-order valence-corrected chi connectivity index (χ1v) is 8.52. The Balaban J connectivity index is 1.69. The summed E-state index contributed by atoms with van der Waals surface area (Å²) in [6.45, 7) is 1.88. The summed E-state index contributed by atoms with van der Waals surface area (Å²) in [5.74, 6) is -0.757. The molecule has 0 bridgehead atoms. The normalized spacial score (nSPS) is 17.0. The summed E-state index contributed by atoms with van der Waals surface area (Å²) in [7, 11) is 0. The number of imide groups is 1. The molecule has 1 unspecified atom stereocenters. The predicted octanol–water partition coefficient (Wildman–Crippen LogP) is 3.30. The fraction of sp³-hybridized carbons (Fsp3) is 0.167. The fourth-order valence-electron chi connectivity index (χ4n) is 2.55. The highest BCUT2D eigenvalue weighted by Crippen LogP contribution is 2.33. The summed E-state index contributed by atoms with van der Waals surface area (Å²) in [4.78, 5) is 38.0. The van der Waals surface area contributed by atoms with Crippen LogP contribution in [0.1, 0.15) is 12.0 Å². The Hall–Kier alpha value is -2.80. The molecule has 1 fully saturated rings. The van der Waals surface area contributed by atoms with E-state index in [9.17, 15) is 19.5 Å². The molecule has 6 nitrogen and oxygen atoms in total. The Morgan fingerprint density at radius 3 is 2.68 bits per heavy atom. The molecule has 0 aromatic heterocycles. The van der Waals surface area contributed by atoms with Gasteiger partial charge < -0.3 is 10.4 Å². The number of anilines is 2. The largest absolute Gasteiger partial charge is 0.508 e. The summed E-state index contributed by atoms with van der Waals surface area (Å²) in [5, 5.41) is 10.9. The van der Waals surface area contributed by atoms with Gasteiger partial charge in [-0.15, -0.1) is 0 Å². The summed E-state index contributed by atoms with van der Waals surface area (Å²) in [6.07, 6.45) is -0.118. The average Bonchev–Trinajstić information content (AvgIpc) is 2.81. The number of carbonyl (C=O) groups is 3. The second-order valence-corrected chi connectivity index (χ2v) is 6.84. The smallest absolute Gasteiger partial charge is 0.293 e. The van der Waals surface area contributed by atoms with Crippen LogP contribution in [-0.4, -0.2) is 27.4 Å². The van der Waals surface area contributed by atoms with Crippen LogP contribution in [0.5, 0.6) is 5.75 Å². The third-order valence-electron chi connectivity index (χ3n) is 3.68. The molecule has 0 saturated carbocycles. The summed E-state index contributed by atoms with van der Waals surface area (Å²) in [6, 6.07) is 13.2. The zero-order valence-electron chi connectivity index (χ0n) is 13.4. The Morgan fingerprint density at radius 1 is 1.20 bits per heavy atom. The van der Waals surface area contributed by atoms with Crippen molar-refractivity contribution in [3.8, 4) is 5.75 Å². The maximum Gasteiger partial charge on any atom is 0.293 e. The molecular formula is C18H16N2O4S. The van der Waals surface area contributed by atoms with Crippen LogP contribution >= 0.6 is 11.8 Å².